The molecule has 2 aliphatic rings. The first-order valence-corrected chi connectivity index (χ1v) is 9.13. The van der Waals surface area contributed by atoms with Crippen LogP contribution in [0, 0.1) is 5.82 Å². The Morgan fingerprint density at radius 3 is 2.65 bits per heavy atom. The van der Waals surface area contributed by atoms with Crippen LogP contribution in [0.5, 0.6) is 0 Å². The molecule has 0 radical (unpaired) electrons. The fourth-order valence-corrected chi connectivity index (χ4v) is 3.76. The summed E-state index contributed by atoms with van der Waals surface area (Å²) in [4.78, 5) is 9.13. The zero-order valence-electron chi connectivity index (χ0n) is 15.8. The van der Waals surface area contributed by atoms with Crippen molar-refractivity contribution in [2.75, 3.05) is 40.3 Å². The molecule has 0 aromatic heterocycles. The molecule has 1 aromatic carbocycles. The van der Waals surface area contributed by atoms with Crippen LogP contribution in [0.3, 0.4) is 0 Å². The first kappa shape index (κ1) is 21.4. The fraction of sp³-hybridized carbons (Fsp3) is 0.632. The number of nitrogens with one attached hydrogen (secondary N) is 1. The van der Waals surface area contributed by atoms with Crippen LogP contribution in [0.25, 0.3) is 0 Å². The zero-order valence-corrected chi connectivity index (χ0v) is 18.2. The zero-order chi connectivity index (χ0) is 17.8. The molecule has 2 saturated heterocycles. The summed E-state index contributed by atoms with van der Waals surface area (Å²) < 4.78 is 19.3. The highest BCUT2D eigenvalue weighted by Gasteiger charge is 2.29. The van der Waals surface area contributed by atoms with Crippen molar-refractivity contribution in [3.8, 4) is 0 Å². The van der Waals surface area contributed by atoms with E-state index in [-0.39, 0.29) is 42.0 Å². The Bertz CT molecular complexity index is 598. The predicted molar refractivity (Wildman–Crippen MR) is 114 cm³/mol. The quantitative estimate of drug-likeness (QED) is 0.414. The van der Waals surface area contributed by atoms with Crippen LogP contribution in [0.15, 0.2) is 29.3 Å². The van der Waals surface area contributed by atoms with Gasteiger partial charge in [-0.05, 0) is 51.1 Å². The highest BCUT2D eigenvalue weighted by Crippen LogP contribution is 2.25. The van der Waals surface area contributed by atoms with Crippen LogP contribution >= 0.6 is 24.0 Å². The highest BCUT2D eigenvalue weighted by atomic mass is 127. The monoisotopic (exact) mass is 476 g/mol. The maximum absolute atomic E-state index is 13.2. The van der Waals surface area contributed by atoms with Gasteiger partial charge in [-0.25, -0.2) is 4.39 Å². The molecule has 26 heavy (non-hydrogen) atoms. The van der Waals surface area contributed by atoms with Gasteiger partial charge in [0.25, 0.3) is 0 Å². The van der Waals surface area contributed by atoms with E-state index >= 15 is 0 Å². The largest absolute Gasteiger partial charge is 0.367 e. The molecule has 7 heteroatoms. The van der Waals surface area contributed by atoms with E-state index in [0.717, 1.165) is 31.2 Å². The molecule has 3 rings (SSSR count). The second-order valence-corrected chi connectivity index (χ2v) is 7.10. The Labute approximate surface area is 173 Å². The van der Waals surface area contributed by atoms with Gasteiger partial charge < -0.3 is 19.9 Å². The molecule has 0 saturated carbocycles. The first-order valence-electron chi connectivity index (χ1n) is 9.13. The molecule has 3 unspecified atom stereocenters. The first-order chi connectivity index (χ1) is 12.1. The Morgan fingerprint density at radius 1 is 1.31 bits per heavy atom. The average Bonchev–Trinajstić information content (AvgIpc) is 3.01. The van der Waals surface area contributed by atoms with Crippen molar-refractivity contribution in [2.45, 2.75) is 38.0 Å². The summed E-state index contributed by atoms with van der Waals surface area (Å²) in [5, 5.41) is 3.53. The second kappa shape index (κ2) is 9.85. The van der Waals surface area contributed by atoms with E-state index in [2.05, 4.69) is 34.1 Å². The number of halogens is 2. The lowest BCUT2D eigenvalue weighted by Gasteiger charge is -2.39. The van der Waals surface area contributed by atoms with Gasteiger partial charge in [0.05, 0.1) is 12.6 Å². The Hall–Kier alpha value is -0.930. The summed E-state index contributed by atoms with van der Waals surface area (Å²) in [6.45, 7) is 5.68. The smallest absolute Gasteiger partial charge is 0.193 e. The number of aliphatic imine (C=N–C) groups is 1. The number of hydrogen-bond acceptors (Lipinski definition) is 3. The Kier molecular flexibility index (Phi) is 8.09. The Balaban J connectivity index is 0.00000243. The highest BCUT2D eigenvalue weighted by molar-refractivity contribution is 14.0. The summed E-state index contributed by atoms with van der Waals surface area (Å²) >= 11 is 0. The van der Waals surface area contributed by atoms with Crippen LogP contribution in [0.1, 0.15) is 31.4 Å². The number of likely N-dealkylation sites (tertiary alicyclic amines) is 1. The van der Waals surface area contributed by atoms with Crippen LogP contribution in [-0.2, 0) is 4.74 Å². The second-order valence-electron chi connectivity index (χ2n) is 7.10. The van der Waals surface area contributed by atoms with Crippen molar-refractivity contribution in [3.63, 3.8) is 0 Å². The molecule has 5 nitrogen and oxygen atoms in total. The molecule has 0 bridgehead atoms. The number of hydrogen-bond donors (Lipinski definition) is 1. The molecule has 0 spiro atoms. The lowest BCUT2D eigenvalue weighted by Crippen LogP contribution is -2.52. The van der Waals surface area contributed by atoms with Gasteiger partial charge in [0, 0.05) is 26.2 Å². The molecule has 1 aromatic rings. The van der Waals surface area contributed by atoms with Gasteiger partial charge in [-0.3, -0.25) is 4.99 Å². The number of nitrogens with zero attached hydrogens (tertiary/aromatic N) is 3. The van der Waals surface area contributed by atoms with Crippen molar-refractivity contribution in [1.82, 2.24) is 15.1 Å². The maximum Gasteiger partial charge on any atom is 0.193 e. The van der Waals surface area contributed by atoms with E-state index in [9.17, 15) is 4.39 Å². The van der Waals surface area contributed by atoms with Crippen LogP contribution < -0.4 is 5.32 Å². The third-order valence-electron chi connectivity index (χ3n) is 5.18. The molecule has 2 fully saturated rings. The molecule has 146 valence electrons. The van der Waals surface area contributed by atoms with E-state index < -0.39 is 0 Å². The fourth-order valence-electron chi connectivity index (χ4n) is 3.76. The van der Waals surface area contributed by atoms with E-state index in [1.54, 1.807) is 12.1 Å². The third kappa shape index (κ3) is 5.29. The lowest BCUT2D eigenvalue weighted by atomic mass is 10.1. The number of morpholine rings is 1. The Morgan fingerprint density at radius 2 is 2.04 bits per heavy atom. The van der Waals surface area contributed by atoms with Gasteiger partial charge in [-0.2, -0.15) is 0 Å². The summed E-state index contributed by atoms with van der Waals surface area (Å²) in [5.41, 5.74) is 1.00. The topological polar surface area (TPSA) is 40.1 Å². The minimum atomic E-state index is -0.220. The van der Waals surface area contributed by atoms with E-state index in [4.69, 9.17) is 4.74 Å². The van der Waals surface area contributed by atoms with Crippen LogP contribution in [-0.4, -0.2) is 68.2 Å². The van der Waals surface area contributed by atoms with Gasteiger partial charge in [0.2, 0.25) is 0 Å². The minimum absolute atomic E-state index is 0. The molecule has 0 aliphatic carbocycles. The van der Waals surface area contributed by atoms with E-state index in [1.807, 2.05) is 7.05 Å². The molecule has 1 N–H and O–H groups in total. The molecule has 2 aliphatic heterocycles. The van der Waals surface area contributed by atoms with E-state index in [0.29, 0.717) is 6.04 Å². The summed E-state index contributed by atoms with van der Waals surface area (Å²) in [7, 11) is 4.01. The third-order valence-corrected chi connectivity index (χ3v) is 5.18. The average molecular weight is 476 g/mol. The van der Waals surface area contributed by atoms with Crippen molar-refractivity contribution in [3.05, 3.63) is 35.6 Å². The van der Waals surface area contributed by atoms with E-state index in [1.165, 1.54) is 31.5 Å². The van der Waals surface area contributed by atoms with Gasteiger partial charge >= 0.3 is 0 Å². The SMILES string of the molecule is CN=C(NCC1CCCN1C)N1CC(C)OC(c2ccc(F)cc2)C1.I. The van der Waals surface area contributed by atoms with Gasteiger partial charge in [0.1, 0.15) is 11.9 Å². The van der Waals surface area contributed by atoms with Crippen molar-refractivity contribution >= 4 is 29.9 Å². The molecule has 3 atom stereocenters. The number of likely N-dealkylation sites (N-methyl/N-ethyl adjacent to an activating group) is 1. The standard InChI is InChI=1S/C19H29FN4O.HI/c1-14-12-24(13-18(25-14)15-6-8-16(20)9-7-15)19(21-2)22-11-17-5-4-10-23(17)3;/h6-9,14,17-18H,4-5,10-13H2,1-3H3,(H,21,22);1H. The molecule has 0 amide bonds. The number of rotatable bonds is 3. The predicted octanol–water partition coefficient (Wildman–Crippen LogP) is 2.88. The van der Waals surface area contributed by atoms with Gasteiger partial charge in [-0.1, -0.05) is 12.1 Å². The minimum Gasteiger partial charge on any atom is -0.367 e. The van der Waals surface area contributed by atoms with Crippen molar-refractivity contribution in [1.29, 1.82) is 0 Å². The van der Waals surface area contributed by atoms with Gasteiger partial charge in [0.15, 0.2) is 5.96 Å². The van der Waals surface area contributed by atoms with Crippen molar-refractivity contribution < 1.29 is 9.13 Å². The summed E-state index contributed by atoms with van der Waals surface area (Å²) in [5.74, 6) is 0.699. The van der Waals surface area contributed by atoms with Crippen LogP contribution in [0.4, 0.5) is 4.39 Å². The maximum atomic E-state index is 13.2. The number of guanidine groups is 1. The normalized spacial score (nSPS) is 27.3. The summed E-state index contributed by atoms with van der Waals surface area (Å²) in [6, 6.07) is 7.17. The molecule has 2 heterocycles. The number of benzene rings is 1. The van der Waals surface area contributed by atoms with Gasteiger partial charge in [-0.15, -0.1) is 24.0 Å². The summed E-state index contributed by atoms with van der Waals surface area (Å²) in [6.07, 6.45) is 2.52. The number of ether oxygens (including phenoxy) is 1. The molecular weight excluding hydrogens is 446 g/mol. The van der Waals surface area contributed by atoms with Crippen molar-refractivity contribution in [2.24, 2.45) is 4.99 Å². The molecular formula is C19H30FIN4O. The van der Waals surface area contributed by atoms with Crippen LogP contribution in [0.2, 0.25) is 0 Å². The lowest BCUT2D eigenvalue weighted by molar-refractivity contribution is -0.0605.